The highest BCUT2D eigenvalue weighted by Gasteiger charge is 2.24. The van der Waals surface area contributed by atoms with Gasteiger partial charge in [-0.3, -0.25) is 4.98 Å². The zero-order chi connectivity index (χ0) is 16.2. The van der Waals surface area contributed by atoms with Crippen LogP contribution in [0, 0.1) is 0 Å². The average Bonchev–Trinajstić information content (AvgIpc) is 2.58. The third-order valence-corrected chi connectivity index (χ3v) is 5.58. The van der Waals surface area contributed by atoms with Crippen LogP contribution in [-0.2, 0) is 0 Å². The van der Waals surface area contributed by atoms with Gasteiger partial charge in [-0.25, -0.2) is 0 Å². The normalized spacial score (nSPS) is 21.7. The van der Waals surface area contributed by atoms with Crippen molar-refractivity contribution in [2.75, 3.05) is 18.4 Å². The number of hydrogen-bond donors (Lipinski definition) is 1. The molecule has 1 aromatic heterocycles. The molecule has 1 aliphatic carbocycles. The third-order valence-electron chi connectivity index (χ3n) is 5.09. The highest BCUT2D eigenvalue weighted by molar-refractivity contribution is 9.10. The number of hydrogen-bond acceptors (Lipinski definition) is 3. The Hall–Kier alpha value is -1.13. The summed E-state index contributed by atoms with van der Waals surface area (Å²) in [6.45, 7) is 6.88. The molecule has 1 N–H and O–H groups in total. The lowest BCUT2D eigenvalue weighted by Crippen LogP contribution is -2.40. The lowest BCUT2D eigenvalue weighted by Gasteiger charge is -2.36. The first kappa shape index (κ1) is 16.7. The van der Waals surface area contributed by atoms with E-state index in [1.165, 1.54) is 49.8 Å². The van der Waals surface area contributed by atoms with Gasteiger partial charge < -0.3 is 10.2 Å². The third kappa shape index (κ3) is 3.86. The monoisotopic (exact) mass is 375 g/mol. The minimum Gasteiger partial charge on any atom is -0.382 e. The Morgan fingerprint density at radius 3 is 2.57 bits per heavy atom. The van der Waals surface area contributed by atoms with E-state index in [-0.39, 0.29) is 0 Å². The predicted molar refractivity (Wildman–Crippen MR) is 102 cm³/mol. The van der Waals surface area contributed by atoms with E-state index >= 15 is 0 Å². The molecule has 0 saturated heterocycles. The van der Waals surface area contributed by atoms with Crippen molar-refractivity contribution in [2.45, 2.75) is 51.6 Å². The summed E-state index contributed by atoms with van der Waals surface area (Å²) in [6, 6.07) is 9.73. The molecule has 1 fully saturated rings. The van der Waals surface area contributed by atoms with E-state index in [4.69, 9.17) is 0 Å². The van der Waals surface area contributed by atoms with Gasteiger partial charge in [-0.05, 0) is 63.0 Å². The van der Waals surface area contributed by atoms with Gasteiger partial charge in [-0.1, -0.05) is 29.8 Å². The highest BCUT2D eigenvalue weighted by Crippen LogP contribution is 2.29. The molecule has 4 heteroatoms. The number of nitrogens with zero attached hydrogens (tertiary/aromatic N) is 2. The molecule has 0 spiro atoms. The summed E-state index contributed by atoms with van der Waals surface area (Å²) in [6.07, 6.45) is 7.00. The highest BCUT2D eigenvalue weighted by atomic mass is 79.9. The number of benzene rings is 1. The van der Waals surface area contributed by atoms with Crippen molar-refractivity contribution in [1.29, 1.82) is 0 Å². The summed E-state index contributed by atoms with van der Waals surface area (Å²) in [5.41, 5.74) is 2.26. The zero-order valence-electron chi connectivity index (χ0n) is 14.1. The molecule has 1 heterocycles. The van der Waals surface area contributed by atoms with Crippen LogP contribution in [0.2, 0.25) is 0 Å². The van der Waals surface area contributed by atoms with Crippen molar-refractivity contribution in [1.82, 2.24) is 9.88 Å². The topological polar surface area (TPSA) is 28.2 Å². The molecular weight excluding hydrogens is 350 g/mol. The van der Waals surface area contributed by atoms with Gasteiger partial charge in [0, 0.05) is 33.8 Å². The number of halogens is 1. The number of anilines is 1. The Bertz CT molecular complexity index is 646. The molecule has 124 valence electrons. The minimum atomic E-state index is 0.575. The zero-order valence-corrected chi connectivity index (χ0v) is 15.6. The van der Waals surface area contributed by atoms with Crippen LogP contribution in [0.15, 0.2) is 34.9 Å². The molecule has 3 nitrogen and oxygen atoms in total. The van der Waals surface area contributed by atoms with E-state index in [1.807, 2.05) is 6.20 Å². The summed E-state index contributed by atoms with van der Waals surface area (Å²) >= 11 is 3.57. The smallest absolute Gasteiger partial charge is 0.0723 e. The van der Waals surface area contributed by atoms with E-state index in [0.717, 1.165) is 16.0 Å². The lowest BCUT2D eigenvalue weighted by molar-refractivity contribution is 0.167. The minimum absolute atomic E-state index is 0.575. The van der Waals surface area contributed by atoms with Gasteiger partial charge in [0.05, 0.1) is 5.52 Å². The van der Waals surface area contributed by atoms with Crippen LogP contribution in [0.4, 0.5) is 5.69 Å². The Labute approximate surface area is 147 Å². The molecule has 1 aromatic carbocycles. The first-order valence-electron chi connectivity index (χ1n) is 8.76. The van der Waals surface area contributed by atoms with Crippen molar-refractivity contribution in [3.8, 4) is 0 Å². The Morgan fingerprint density at radius 2 is 1.87 bits per heavy atom. The molecule has 1 saturated carbocycles. The number of nitrogens with one attached hydrogen (secondary N) is 1. The first-order valence-corrected chi connectivity index (χ1v) is 9.55. The second-order valence-corrected chi connectivity index (χ2v) is 7.31. The van der Waals surface area contributed by atoms with Gasteiger partial charge in [0.15, 0.2) is 0 Å². The van der Waals surface area contributed by atoms with Gasteiger partial charge in [-0.2, -0.15) is 0 Å². The fraction of sp³-hybridized carbons (Fsp3) is 0.526. The van der Waals surface area contributed by atoms with Crippen molar-refractivity contribution >= 4 is 32.5 Å². The first-order chi connectivity index (χ1) is 11.2. The van der Waals surface area contributed by atoms with E-state index < -0.39 is 0 Å². The van der Waals surface area contributed by atoms with Gasteiger partial charge in [0.2, 0.25) is 0 Å². The number of pyridine rings is 1. The Morgan fingerprint density at radius 1 is 1.13 bits per heavy atom. The standard InChI is InChI=1S/C19H26BrN3/c1-3-23(4-2)16-8-6-15(7-9-16)22-19-11-12-21-18-10-5-14(20)13-17(18)19/h5,10-13,15-16H,3-4,6-9H2,1-2H3,(H,21,22). The Kier molecular flexibility index (Phi) is 5.54. The molecule has 0 amide bonds. The summed E-state index contributed by atoms with van der Waals surface area (Å²) in [5, 5.41) is 4.97. The molecule has 0 atom stereocenters. The quantitative estimate of drug-likeness (QED) is 0.790. The molecule has 0 unspecified atom stereocenters. The SMILES string of the molecule is CCN(CC)C1CCC(Nc2ccnc3ccc(Br)cc23)CC1. The maximum absolute atomic E-state index is 4.47. The van der Waals surface area contributed by atoms with Crippen molar-refractivity contribution in [2.24, 2.45) is 0 Å². The van der Waals surface area contributed by atoms with E-state index in [2.05, 4.69) is 69.2 Å². The summed E-state index contributed by atoms with van der Waals surface area (Å²) in [4.78, 5) is 7.07. The van der Waals surface area contributed by atoms with Crippen molar-refractivity contribution in [3.63, 3.8) is 0 Å². The maximum atomic E-state index is 4.47. The predicted octanol–water partition coefficient (Wildman–Crippen LogP) is 5.06. The molecular formula is C19H26BrN3. The maximum Gasteiger partial charge on any atom is 0.0723 e. The molecule has 3 rings (SSSR count). The van der Waals surface area contributed by atoms with Crippen molar-refractivity contribution < 1.29 is 0 Å². The molecule has 0 radical (unpaired) electrons. The summed E-state index contributed by atoms with van der Waals surface area (Å²) in [5.74, 6) is 0. The van der Waals surface area contributed by atoms with E-state index in [1.54, 1.807) is 0 Å². The second kappa shape index (κ2) is 7.63. The van der Waals surface area contributed by atoms with Crippen LogP contribution in [0.25, 0.3) is 10.9 Å². The fourth-order valence-corrected chi connectivity index (χ4v) is 4.15. The van der Waals surface area contributed by atoms with Crippen LogP contribution in [0.5, 0.6) is 0 Å². The second-order valence-electron chi connectivity index (χ2n) is 6.39. The Balaban J connectivity index is 1.68. The van der Waals surface area contributed by atoms with E-state index in [0.29, 0.717) is 6.04 Å². The van der Waals surface area contributed by atoms with Gasteiger partial charge in [0.25, 0.3) is 0 Å². The number of aromatic nitrogens is 1. The van der Waals surface area contributed by atoms with Crippen LogP contribution < -0.4 is 5.32 Å². The molecule has 1 aliphatic rings. The molecule has 0 aliphatic heterocycles. The average molecular weight is 376 g/mol. The van der Waals surface area contributed by atoms with Crippen LogP contribution in [-0.4, -0.2) is 35.1 Å². The van der Waals surface area contributed by atoms with Crippen LogP contribution in [0.3, 0.4) is 0 Å². The van der Waals surface area contributed by atoms with Gasteiger partial charge >= 0.3 is 0 Å². The van der Waals surface area contributed by atoms with Gasteiger partial charge in [0.1, 0.15) is 0 Å². The van der Waals surface area contributed by atoms with Gasteiger partial charge in [-0.15, -0.1) is 0 Å². The largest absolute Gasteiger partial charge is 0.382 e. The molecule has 23 heavy (non-hydrogen) atoms. The number of fused-ring (bicyclic) bond motifs is 1. The van der Waals surface area contributed by atoms with Crippen LogP contribution >= 0.6 is 15.9 Å². The molecule has 2 aromatic rings. The van der Waals surface area contributed by atoms with E-state index in [9.17, 15) is 0 Å². The summed E-state index contributed by atoms with van der Waals surface area (Å²) in [7, 11) is 0. The lowest BCUT2D eigenvalue weighted by atomic mass is 9.90. The van der Waals surface area contributed by atoms with Crippen molar-refractivity contribution in [3.05, 3.63) is 34.9 Å². The number of rotatable bonds is 5. The summed E-state index contributed by atoms with van der Waals surface area (Å²) < 4.78 is 1.10. The fourth-order valence-electron chi connectivity index (χ4n) is 3.79. The van der Waals surface area contributed by atoms with Crippen LogP contribution in [0.1, 0.15) is 39.5 Å². The molecule has 0 bridgehead atoms.